The third-order valence-corrected chi connectivity index (χ3v) is 5.41. The van der Waals surface area contributed by atoms with E-state index in [1.807, 2.05) is 29.9 Å². The molecule has 0 radical (unpaired) electrons. The van der Waals surface area contributed by atoms with E-state index in [4.69, 9.17) is 9.15 Å². The lowest BCUT2D eigenvalue weighted by molar-refractivity contribution is -0.384. The van der Waals surface area contributed by atoms with Gasteiger partial charge in [0.1, 0.15) is 12.3 Å². The number of non-ortho nitro benzene ring substituents is 1. The molecule has 0 aliphatic heterocycles. The lowest BCUT2D eigenvalue weighted by Gasteiger charge is -2.27. The van der Waals surface area contributed by atoms with Crippen LogP contribution in [0.3, 0.4) is 0 Å². The zero-order valence-electron chi connectivity index (χ0n) is 19.7. The number of amides is 2. The van der Waals surface area contributed by atoms with Crippen molar-refractivity contribution in [3.8, 4) is 0 Å². The number of hydrogen-bond acceptors (Lipinski definition) is 6. The van der Waals surface area contributed by atoms with E-state index in [9.17, 15) is 19.7 Å². The van der Waals surface area contributed by atoms with Gasteiger partial charge in [0.2, 0.25) is 11.8 Å². The second-order valence-electron chi connectivity index (χ2n) is 7.87. The van der Waals surface area contributed by atoms with Crippen LogP contribution in [0.2, 0.25) is 0 Å². The Morgan fingerprint density at radius 3 is 2.49 bits per heavy atom. The average Bonchev–Trinajstić information content (AvgIpc) is 3.51. The van der Waals surface area contributed by atoms with E-state index in [-0.39, 0.29) is 43.7 Å². The molecule has 3 aromatic rings. The number of furan rings is 1. The van der Waals surface area contributed by atoms with Crippen molar-refractivity contribution in [3.63, 3.8) is 0 Å². The van der Waals surface area contributed by atoms with Gasteiger partial charge < -0.3 is 23.5 Å². The van der Waals surface area contributed by atoms with E-state index in [0.717, 1.165) is 5.69 Å². The Morgan fingerprint density at radius 2 is 1.89 bits per heavy atom. The van der Waals surface area contributed by atoms with Gasteiger partial charge in [0.05, 0.1) is 30.9 Å². The average molecular weight is 481 g/mol. The van der Waals surface area contributed by atoms with Crippen molar-refractivity contribution in [2.75, 3.05) is 26.8 Å². The Balaban J connectivity index is 1.73. The Bertz CT molecular complexity index is 1150. The second kappa shape index (κ2) is 12.3. The molecule has 2 amide bonds. The van der Waals surface area contributed by atoms with Crippen molar-refractivity contribution in [2.24, 2.45) is 7.05 Å². The fraction of sp³-hybridized carbons (Fsp3) is 0.280. The maximum absolute atomic E-state index is 13.3. The number of methoxy groups -OCH3 is 1. The van der Waals surface area contributed by atoms with Crippen molar-refractivity contribution >= 4 is 23.6 Å². The number of nitro groups is 1. The molecule has 0 saturated carbocycles. The van der Waals surface area contributed by atoms with Crippen LogP contribution in [0.15, 0.2) is 71.5 Å². The highest BCUT2D eigenvalue weighted by atomic mass is 16.6. The normalized spacial score (nSPS) is 11.0. The van der Waals surface area contributed by atoms with E-state index in [2.05, 4.69) is 0 Å². The number of carbonyl (C=O) groups is 2. The molecule has 184 valence electrons. The summed E-state index contributed by atoms with van der Waals surface area (Å²) in [5.41, 5.74) is 1.54. The fourth-order valence-corrected chi connectivity index (χ4v) is 3.39. The van der Waals surface area contributed by atoms with Gasteiger partial charge in [-0.25, -0.2) is 0 Å². The molecule has 0 N–H and O–H groups in total. The smallest absolute Gasteiger partial charge is 0.269 e. The molecule has 3 rings (SSSR count). The summed E-state index contributed by atoms with van der Waals surface area (Å²) in [7, 11) is 3.43. The molecule has 0 atom stereocenters. The van der Waals surface area contributed by atoms with Crippen LogP contribution < -0.4 is 0 Å². The molecule has 1 aromatic carbocycles. The van der Waals surface area contributed by atoms with Crippen LogP contribution in [0.5, 0.6) is 0 Å². The van der Waals surface area contributed by atoms with Gasteiger partial charge in [0.25, 0.3) is 5.69 Å². The molecule has 0 spiro atoms. The van der Waals surface area contributed by atoms with Gasteiger partial charge in [0.15, 0.2) is 0 Å². The predicted molar refractivity (Wildman–Crippen MR) is 129 cm³/mol. The maximum atomic E-state index is 13.3. The second-order valence-corrected chi connectivity index (χ2v) is 7.87. The van der Waals surface area contributed by atoms with E-state index in [1.54, 1.807) is 41.5 Å². The SMILES string of the molecule is COCCN(CC(=O)N(Cc1ccco1)Cc1cccn1C)C(=O)/C=C/c1ccc([N+](=O)[O-])cc1. The molecular weight excluding hydrogens is 452 g/mol. The number of ether oxygens (including phenoxy) is 1. The summed E-state index contributed by atoms with van der Waals surface area (Å²) in [6.45, 7) is 0.971. The van der Waals surface area contributed by atoms with Crippen LogP contribution in [0.1, 0.15) is 17.0 Å². The predicted octanol–water partition coefficient (Wildman–Crippen LogP) is 3.24. The molecule has 0 unspecified atom stereocenters. The van der Waals surface area contributed by atoms with Crippen LogP contribution in [-0.2, 0) is 34.5 Å². The summed E-state index contributed by atoms with van der Waals surface area (Å²) in [5, 5.41) is 10.8. The molecule has 0 aliphatic carbocycles. The number of rotatable bonds is 12. The molecule has 10 nitrogen and oxygen atoms in total. The maximum Gasteiger partial charge on any atom is 0.269 e. The molecule has 35 heavy (non-hydrogen) atoms. The molecule has 2 aromatic heterocycles. The van der Waals surface area contributed by atoms with Crippen LogP contribution in [0, 0.1) is 10.1 Å². The quantitative estimate of drug-likeness (QED) is 0.224. The molecule has 0 bridgehead atoms. The topological polar surface area (TPSA) is 111 Å². The van der Waals surface area contributed by atoms with Crippen molar-refractivity contribution in [1.82, 2.24) is 14.4 Å². The van der Waals surface area contributed by atoms with Crippen molar-refractivity contribution in [3.05, 3.63) is 94.2 Å². The van der Waals surface area contributed by atoms with Gasteiger partial charge in [-0.05, 0) is 48.0 Å². The van der Waals surface area contributed by atoms with E-state index >= 15 is 0 Å². The van der Waals surface area contributed by atoms with E-state index in [0.29, 0.717) is 17.9 Å². The third kappa shape index (κ3) is 7.41. The summed E-state index contributed by atoms with van der Waals surface area (Å²) in [6.07, 6.45) is 6.36. The first kappa shape index (κ1) is 25.4. The van der Waals surface area contributed by atoms with E-state index < -0.39 is 4.92 Å². The van der Waals surface area contributed by atoms with Crippen LogP contribution in [-0.4, -0.2) is 57.9 Å². The van der Waals surface area contributed by atoms with Gasteiger partial charge in [-0.15, -0.1) is 0 Å². The number of benzene rings is 1. The Morgan fingerprint density at radius 1 is 1.11 bits per heavy atom. The number of carbonyl (C=O) groups excluding carboxylic acids is 2. The van der Waals surface area contributed by atoms with Gasteiger partial charge in [-0.1, -0.05) is 0 Å². The van der Waals surface area contributed by atoms with Gasteiger partial charge in [-0.2, -0.15) is 0 Å². The third-order valence-electron chi connectivity index (χ3n) is 5.41. The van der Waals surface area contributed by atoms with Crippen molar-refractivity contribution in [1.29, 1.82) is 0 Å². The zero-order valence-corrected chi connectivity index (χ0v) is 19.7. The summed E-state index contributed by atoms with van der Waals surface area (Å²) < 4.78 is 12.5. The zero-order chi connectivity index (χ0) is 25.2. The summed E-state index contributed by atoms with van der Waals surface area (Å²) in [5.74, 6) is 0.0294. The number of aryl methyl sites for hydroxylation is 1. The number of nitrogens with zero attached hydrogens (tertiary/aromatic N) is 4. The summed E-state index contributed by atoms with van der Waals surface area (Å²) >= 11 is 0. The summed E-state index contributed by atoms with van der Waals surface area (Å²) in [4.78, 5) is 39.6. The highest BCUT2D eigenvalue weighted by Gasteiger charge is 2.22. The van der Waals surface area contributed by atoms with Crippen LogP contribution in [0.25, 0.3) is 6.08 Å². The molecule has 0 saturated heterocycles. The molecule has 2 heterocycles. The fourth-order valence-electron chi connectivity index (χ4n) is 3.39. The first-order valence-electron chi connectivity index (χ1n) is 11.0. The van der Waals surface area contributed by atoms with Gasteiger partial charge in [0, 0.05) is 50.8 Å². The van der Waals surface area contributed by atoms with Crippen molar-refractivity contribution < 1.29 is 23.7 Å². The number of nitro benzene ring substituents is 1. The lowest BCUT2D eigenvalue weighted by Crippen LogP contribution is -2.43. The lowest BCUT2D eigenvalue weighted by atomic mass is 10.2. The Kier molecular flexibility index (Phi) is 8.96. The minimum absolute atomic E-state index is 0.0318. The number of aromatic nitrogens is 1. The monoisotopic (exact) mass is 480 g/mol. The number of hydrogen-bond donors (Lipinski definition) is 0. The van der Waals surface area contributed by atoms with E-state index in [1.165, 1.54) is 30.2 Å². The molecular formula is C25H28N4O6. The molecule has 10 heteroatoms. The van der Waals surface area contributed by atoms with Crippen LogP contribution in [0.4, 0.5) is 5.69 Å². The Labute approximate surface area is 203 Å². The summed E-state index contributed by atoms with van der Waals surface area (Å²) in [6, 6.07) is 13.2. The van der Waals surface area contributed by atoms with Gasteiger partial charge in [-0.3, -0.25) is 19.7 Å². The molecule has 0 aliphatic rings. The standard InChI is InChI=1S/C25H28N4O6/c1-26-13-3-5-22(26)17-28(18-23-6-4-15-35-23)25(31)19-27(14-16-34-2)24(30)12-9-20-7-10-21(11-8-20)29(32)33/h3-13,15H,14,16-19H2,1-2H3/b12-9+. The molecule has 0 fully saturated rings. The largest absolute Gasteiger partial charge is 0.467 e. The Hall–Kier alpha value is -4.18. The van der Waals surface area contributed by atoms with Crippen molar-refractivity contribution in [2.45, 2.75) is 13.1 Å². The highest BCUT2D eigenvalue weighted by molar-refractivity contribution is 5.94. The van der Waals surface area contributed by atoms with Crippen LogP contribution >= 0.6 is 0 Å². The van der Waals surface area contributed by atoms with Gasteiger partial charge >= 0.3 is 0 Å². The highest BCUT2D eigenvalue weighted by Crippen LogP contribution is 2.14. The first-order valence-corrected chi connectivity index (χ1v) is 11.0. The first-order chi connectivity index (χ1) is 16.9. The minimum atomic E-state index is -0.485. The minimum Gasteiger partial charge on any atom is -0.467 e.